The summed E-state index contributed by atoms with van der Waals surface area (Å²) in [7, 11) is -3.33. The second kappa shape index (κ2) is 3.27. The standard InChI is InChI=1S/C10H11NO3S/c1-8-7-14-10-6-4-3-5-9(10)11(8)15(2,12)13/h3-6H,1,7H2,2H3. The monoisotopic (exact) mass is 225 g/mol. The van der Waals surface area contributed by atoms with E-state index in [1.807, 2.05) is 0 Å². The Balaban J connectivity index is 2.61. The summed E-state index contributed by atoms with van der Waals surface area (Å²) in [4.78, 5) is 0. The quantitative estimate of drug-likeness (QED) is 0.725. The molecule has 0 fully saturated rings. The van der Waals surface area contributed by atoms with E-state index in [2.05, 4.69) is 6.58 Å². The van der Waals surface area contributed by atoms with Gasteiger partial charge in [0, 0.05) is 0 Å². The molecule has 15 heavy (non-hydrogen) atoms. The molecular weight excluding hydrogens is 214 g/mol. The van der Waals surface area contributed by atoms with Gasteiger partial charge < -0.3 is 4.74 Å². The Kier molecular flexibility index (Phi) is 2.19. The minimum atomic E-state index is -3.33. The first kappa shape index (κ1) is 10.0. The highest BCUT2D eigenvalue weighted by Crippen LogP contribution is 2.35. The van der Waals surface area contributed by atoms with Gasteiger partial charge in [0.25, 0.3) is 0 Å². The van der Waals surface area contributed by atoms with Gasteiger partial charge in [0.05, 0.1) is 17.6 Å². The summed E-state index contributed by atoms with van der Waals surface area (Å²) in [5.74, 6) is 0.565. The fourth-order valence-corrected chi connectivity index (χ4v) is 2.58. The van der Waals surface area contributed by atoms with E-state index in [4.69, 9.17) is 4.74 Å². The fraction of sp³-hybridized carbons (Fsp3) is 0.200. The molecular formula is C10H11NO3S. The number of hydrogen-bond acceptors (Lipinski definition) is 3. The smallest absolute Gasteiger partial charge is 0.236 e. The number of para-hydroxylation sites is 2. The number of ether oxygens (including phenoxy) is 1. The minimum Gasteiger partial charge on any atom is -0.485 e. The zero-order chi connectivity index (χ0) is 11.1. The van der Waals surface area contributed by atoms with Crippen molar-refractivity contribution in [3.63, 3.8) is 0 Å². The maximum absolute atomic E-state index is 11.6. The summed E-state index contributed by atoms with van der Waals surface area (Å²) in [5, 5.41) is 0. The van der Waals surface area contributed by atoms with Gasteiger partial charge in [0.2, 0.25) is 10.0 Å². The Hall–Kier alpha value is -1.49. The third-order valence-electron chi connectivity index (χ3n) is 2.10. The van der Waals surface area contributed by atoms with Gasteiger partial charge in [-0.05, 0) is 12.1 Å². The predicted molar refractivity (Wildman–Crippen MR) is 58.4 cm³/mol. The Bertz CT molecular complexity index is 507. The zero-order valence-corrected chi connectivity index (χ0v) is 9.12. The molecule has 0 spiro atoms. The molecule has 0 saturated heterocycles. The average Bonchev–Trinajstić information content (AvgIpc) is 2.15. The second-order valence-corrected chi connectivity index (χ2v) is 5.18. The van der Waals surface area contributed by atoms with Crippen LogP contribution in [0, 0.1) is 0 Å². The topological polar surface area (TPSA) is 46.6 Å². The normalized spacial score (nSPS) is 15.8. The van der Waals surface area contributed by atoms with Crippen molar-refractivity contribution in [2.24, 2.45) is 0 Å². The van der Waals surface area contributed by atoms with Gasteiger partial charge in [0.15, 0.2) is 0 Å². The number of nitrogens with zero attached hydrogens (tertiary/aromatic N) is 1. The first-order valence-corrected chi connectivity index (χ1v) is 6.25. The third-order valence-corrected chi connectivity index (χ3v) is 3.22. The van der Waals surface area contributed by atoms with Crippen LogP contribution in [0.2, 0.25) is 0 Å². The van der Waals surface area contributed by atoms with Crippen LogP contribution in [-0.2, 0) is 10.0 Å². The first-order chi connectivity index (χ1) is 7.00. The van der Waals surface area contributed by atoms with Crippen molar-refractivity contribution in [1.82, 2.24) is 0 Å². The lowest BCUT2D eigenvalue weighted by Gasteiger charge is -2.30. The largest absolute Gasteiger partial charge is 0.485 e. The highest BCUT2D eigenvalue weighted by Gasteiger charge is 2.27. The van der Waals surface area contributed by atoms with Crippen LogP contribution in [0.5, 0.6) is 5.75 Å². The van der Waals surface area contributed by atoms with Gasteiger partial charge in [-0.3, -0.25) is 0 Å². The van der Waals surface area contributed by atoms with Crippen molar-refractivity contribution < 1.29 is 13.2 Å². The van der Waals surface area contributed by atoms with E-state index in [0.717, 1.165) is 6.26 Å². The molecule has 0 aromatic heterocycles. The van der Waals surface area contributed by atoms with Crippen molar-refractivity contribution >= 4 is 15.7 Å². The van der Waals surface area contributed by atoms with Gasteiger partial charge in [-0.15, -0.1) is 0 Å². The molecule has 0 radical (unpaired) electrons. The molecule has 5 heteroatoms. The number of benzene rings is 1. The lowest BCUT2D eigenvalue weighted by molar-refractivity contribution is 0.341. The van der Waals surface area contributed by atoms with Crippen molar-refractivity contribution in [1.29, 1.82) is 0 Å². The molecule has 1 aromatic carbocycles. The van der Waals surface area contributed by atoms with E-state index in [1.54, 1.807) is 24.3 Å². The third kappa shape index (κ3) is 1.70. The van der Waals surface area contributed by atoms with E-state index < -0.39 is 10.0 Å². The van der Waals surface area contributed by atoms with Gasteiger partial charge in [-0.2, -0.15) is 0 Å². The summed E-state index contributed by atoms with van der Waals surface area (Å²) < 4.78 is 29.7. The zero-order valence-electron chi connectivity index (χ0n) is 8.30. The Labute approximate surface area is 88.8 Å². The summed E-state index contributed by atoms with van der Waals surface area (Å²) in [6.07, 6.45) is 1.15. The highest BCUT2D eigenvalue weighted by molar-refractivity contribution is 7.92. The molecule has 0 saturated carbocycles. The summed E-state index contributed by atoms with van der Waals surface area (Å²) >= 11 is 0. The fourth-order valence-electron chi connectivity index (χ4n) is 1.55. The molecule has 1 heterocycles. The maximum Gasteiger partial charge on any atom is 0.236 e. The molecule has 0 atom stereocenters. The number of fused-ring (bicyclic) bond motifs is 1. The lowest BCUT2D eigenvalue weighted by Crippen LogP contribution is -2.34. The molecule has 0 N–H and O–H groups in total. The predicted octanol–water partition coefficient (Wildman–Crippen LogP) is 1.36. The van der Waals surface area contributed by atoms with Crippen LogP contribution in [0.3, 0.4) is 0 Å². The number of sulfonamides is 1. The van der Waals surface area contributed by atoms with E-state index in [1.165, 1.54) is 4.31 Å². The van der Waals surface area contributed by atoms with Crippen LogP contribution in [0.1, 0.15) is 0 Å². The molecule has 0 unspecified atom stereocenters. The van der Waals surface area contributed by atoms with Crippen LogP contribution >= 0.6 is 0 Å². The number of anilines is 1. The molecule has 0 aliphatic carbocycles. The molecule has 1 aromatic rings. The van der Waals surface area contributed by atoms with Crippen molar-refractivity contribution in [3.8, 4) is 5.75 Å². The molecule has 0 amide bonds. The van der Waals surface area contributed by atoms with E-state index in [9.17, 15) is 8.42 Å². The molecule has 80 valence electrons. The van der Waals surface area contributed by atoms with Gasteiger partial charge in [-0.25, -0.2) is 12.7 Å². The summed E-state index contributed by atoms with van der Waals surface area (Å²) in [5.41, 5.74) is 0.951. The second-order valence-electron chi connectivity index (χ2n) is 3.35. The minimum absolute atomic E-state index is 0.198. The van der Waals surface area contributed by atoms with E-state index >= 15 is 0 Å². The number of hydrogen-bond donors (Lipinski definition) is 0. The van der Waals surface area contributed by atoms with Crippen LogP contribution in [0.25, 0.3) is 0 Å². The van der Waals surface area contributed by atoms with Crippen LogP contribution in [0.4, 0.5) is 5.69 Å². The van der Waals surface area contributed by atoms with Gasteiger partial charge >= 0.3 is 0 Å². The van der Waals surface area contributed by atoms with Crippen molar-refractivity contribution in [2.75, 3.05) is 17.2 Å². The van der Waals surface area contributed by atoms with Crippen LogP contribution in [-0.4, -0.2) is 21.3 Å². The Morgan fingerprint density at radius 3 is 2.73 bits per heavy atom. The molecule has 0 bridgehead atoms. The first-order valence-electron chi connectivity index (χ1n) is 4.40. The molecule has 1 aliphatic heterocycles. The van der Waals surface area contributed by atoms with Crippen LogP contribution in [0.15, 0.2) is 36.5 Å². The highest BCUT2D eigenvalue weighted by atomic mass is 32.2. The van der Waals surface area contributed by atoms with Crippen molar-refractivity contribution in [3.05, 3.63) is 36.5 Å². The molecule has 2 rings (SSSR count). The SMILES string of the molecule is C=C1COc2ccccc2N1S(C)(=O)=O. The van der Waals surface area contributed by atoms with E-state index in [-0.39, 0.29) is 6.61 Å². The van der Waals surface area contributed by atoms with Crippen molar-refractivity contribution in [2.45, 2.75) is 0 Å². The summed E-state index contributed by atoms with van der Waals surface area (Å²) in [6.45, 7) is 3.88. The lowest BCUT2D eigenvalue weighted by atomic mass is 10.2. The summed E-state index contributed by atoms with van der Waals surface area (Å²) in [6, 6.07) is 6.99. The number of rotatable bonds is 1. The van der Waals surface area contributed by atoms with Gasteiger partial charge in [0.1, 0.15) is 12.4 Å². The van der Waals surface area contributed by atoms with Crippen LogP contribution < -0.4 is 9.04 Å². The maximum atomic E-state index is 11.6. The Morgan fingerprint density at radius 1 is 1.40 bits per heavy atom. The molecule has 1 aliphatic rings. The van der Waals surface area contributed by atoms with Gasteiger partial charge in [-0.1, -0.05) is 18.7 Å². The Morgan fingerprint density at radius 2 is 2.07 bits per heavy atom. The molecule has 4 nitrogen and oxygen atoms in total. The van der Waals surface area contributed by atoms with E-state index in [0.29, 0.717) is 17.1 Å². The average molecular weight is 225 g/mol.